The van der Waals surface area contributed by atoms with Crippen molar-refractivity contribution in [3.05, 3.63) is 53.4 Å². The summed E-state index contributed by atoms with van der Waals surface area (Å²) < 4.78 is 25.9. The minimum absolute atomic E-state index is 0.0124. The van der Waals surface area contributed by atoms with E-state index in [1.807, 2.05) is 0 Å². The molecule has 3 aromatic rings. The Bertz CT molecular complexity index is 1230. The molecule has 3 heterocycles. The Kier molecular flexibility index (Phi) is 7.30. The molecular weight excluding hydrogens is 457 g/mol. The average molecular weight is 484 g/mol. The van der Waals surface area contributed by atoms with Crippen LogP contribution in [0.15, 0.2) is 30.5 Å². The molecule has 11 nitrogen and oxygen atoms in total. The predicted octanol–water partition coefficient (Wildman–Crippen LogP) is 1.37. The van der Waals surface area contributed by atoms with E-state index in [2.05, 4.69) is 25.6 Å². The molecule has 1 aliphatic rings. The number of carbonyl (C=O) groups is 2. The predicted molar refractivity (Wildman–Crippen MR) is 122 cm³/mol. The fraction of sp³-hybridized carbons (Fsp3) is 0.391. The molecule has 1 fully saturated rings. The monoisotopic (exact) mass is 483 g/mol. The van der Waals surface area contributed by atoms with Gasteiger partial charge in [-0.2, -0.15) is 0 Å². The molecule has 0 radical (unpaired) electrons. The summed E-state index contributed by atoms with van der Waals surface area (Å²) in [4.78, 5) is 34.7. The summed E-state index contributed by atoms with van der Waals surface area (Å²) in [7, 11) is 1.38. The molecule has 2 aromatic heterocycles. The maximum atomic E-state index is 13.6. The summed E-state index contributed by atoms with van der Waals surface area (Å²) in [5, 5.41) is 11.1. The fourth-order valence-corrected chi connectivity index (χ4v) is 3.73. The zero-order valence-corrected chi connectivity index (χ0v) is 19.7. The number of carbonyl (C=O) groups excluding carboxylic acids is 2. The highest BCUT2D eigenvalue weighted by Gasteiger charge is 2.23. The van der Waals surface area contributed by atoms with Crippen LogP contribution in [-0.4, -0.2) is 74.6 Å². The van der Waals surface area contributed by atoms with Gasteiger partial charge in [-0.15, -0.1) is 5.10 Å². The molecule has 12 heteroatoms. The molecule has 1 saturated heterocycles. The first-order valence-corrected chi connectivity index (χ1v) is 11.1. The molecule has 1 atom stereocenters. The largest absolute Gasteiger partial charge is 0.494 e. The third-order valence-corrected chi connectivity index (χ3v) is 5.52. The molecule has 0 unspecified atom stereocenters. The second kappa shape index (κ2) is 10.6. The van der Waals surface area contributed by atoms with Gasteiger partial charge in [-0.05, 0) is 30.7 Å². The van der Waals surface area contributed by atoms with Crippen molar-refractivity contribution in [3.8, 4) is 17.1 Å². The Morgan fingerprint density at radius 1 is 1.26 bits per heavy atom. The first-order chi connectivity index (χ1) is 16.8. The first kappa shape index (κ1) is 24.2. The van der Waals surface area contributed by atoms with E-state index >= 15 is 0 Å². The summed E-state index contributed by atoms with van der Waals surface area (Å²) in [6.45, 7) is 5.35. The maximum absolute atomic E-state index is 13.6. The molecule has 0 bridgehead atoms. The van der Waals surface area contributed by atoms with E-state index in [0.717, 1.165) is 0 Å². The van der Waals surface area contributed by atoms with Crippen LogP contribution in [0.2, 0.25) is 0 Å². The topological polar surface area (TPSA) is 124 Å². The van der Waals surface area contributed by atoms with E-state index in [1.165, 1.54) is 32.2 Å². The summed E-state index contributed by atoms with van der Waals surface area (Å²) in [6, 6.07) is 5.91. The normalized spacial score (nSPS) is 15.7. The lowest BCUT2D eigenvalue weighted by molar-refractivity contribution is -0.136. The molecule has 1 aliphatic heterocycles. The van der Waals surface area contributed by atoms with E-state index in [-0.39, 0.29) is 30.0 Å². The Hall–Kier alpha value is -3.93. The van der Waals surface area contributed by atoms with Gasteiger partial charge in [0.2, 0.25) is 5.91 Å². The van der Waals surface area contributed by atoms with Crippen molar-refractivity contribution in [3.63, 3.8) is 0 Å². The van der Waals surface area contributed by atoms with E-state index < -0.39 is 11.7 Å². The van der Waals surface area contributed by atoms with Crippen LogP contribution in [0.4, 0.5) is 4.39 Å². The van der Waals surface area contributed by atoms with Gasteiger partial charge in [-0.1, -0.05) is 11.3 Å². The van der Waals surface area contributed by atoms with Gasteiger partial charge in [0, 0.05) is 26.6 Å². The van der Waals surface area contributed by atoms with Crippen molar-refractivity contribution in [2.24, 2.45) is 0 Å². The van der Waals surface area contributed by atoms with Crippen molar-refractivity contribution in [1.82, 2.24) is 35.2 Å². The minimum Gasteiger partial charge on any atom is -0.494 e. The smallest absolute Gasteiger partial charge is 0.270 e. The second-order valence-electron chi connectivity index (χ2n) is 8.12. The van der Waals surface area contributed by atoms with Gasteiger partial charge >= 0.3 is 0 Å². The van der Waals surface area contributed by atoms with Crippen LogP contribution in [-0.2, 0) is 22.6 Å². The van der Waals surface area contributed by atoms with E-state index in [1.54, 1.807) is 28.8 Å². The van der Waals surface area contributed by atoms with Crippen LogP contribution in [0, 0.1) is 12.7 Å². The molecule has 0 spiro atoms. The van der Waals surface area contributed by atoms with Crippen molar-refractivity contribution in [2.75, 3.05) is 26.8 Å². The van der Waals surface area contributed by atoms with Gasteiger partial charge in [-0.3, -0.25) is 9.59 Å². The van der Waals surface area contributed by atoms with Crippen LogP contribution in [0.3, 0.4) is 0 Å². The molecule has 2 amide bonds. The Morgan fingerprint density at radius 3 is 2.86 bits per heavy atom. The van der Waals surface area contributed by atoms with Crippen LogP contribution < -0.4 is 10.1 Å². The van der Waals surface area contributed by atoms with Gasteiger partial charge in [0.1, 0.15) is 17.2 Å². The van der Waals surface area contributed by atoms with E-state index in [0.29, 0.717) is 49.0 Å². The third kappa shape index (κ3) is 5.96. The number of morpholine rings is 1. The molecule has 0 saturated carbocycles. The second-order valence-corrected chi connectivity index (χ2v) is 8.12. The number of hydrogen-bond donors (Lipinski definition) is 1. The van der Waals surface area contributed by atoms with Crippen LogP contribution >= 0.6 is 0 Å². The van der Waals surface area contributed by atoms with Crippen LogP contribution in [0.25, 0.3) is 11.4 Å². The summed E-state index contributed by atoms with van der Waals surface area (Å²) in [5.41, 5.74) is 1.78. The maximum Gasteiger partial charge on any atom is 0.270 e. The van der Waals surface area contributed by atoms with Gasteiger partial charge in [0.25, 0.3) is 5.91 Å². The molecule has 0 aliphatic carbocycles. The number of hydrogen-bond acceptors (Lipinski definition) is 8. The number of nitrogens with zero attached hydrogens (tertiary/aromatic N) is 6. The lowest BCUT2D eigenvalue weighted by atomic mass is 10.2. The minimum atomic E-state index is -0.474. The van der Waals surface area contributed by atoms with Gasteiger partial charge in [0.05, 0.1) is 38.3 Å². The number of benzene rings is 1. The first-order valence-electron chi connectivity index (χ1n) is 11.1. The van der Waals surface area contributed by atoms with Gasteiger partial charge in [0.15, 0.2) is 11.6 Å². The molecule has 1 aromatic carbocycles. The molecule has 4 rings (SSSR count). The molecule has 35 heavy (non-hydrogen) atoms. The lowest BCUT2D eigenvalue weighted by Crippen LogP contribution is -2.46. The van der Waals surface area contributed by atoms with E-state index in [4.69, 9.17) is 9.47 Å². The SMILES string of the molecule is COc1cc(CNC(=O)c2cc(-c3cn(C[C@@H]4CN(C(C)=O)CCO4)nn3)nc(C)n2)ccc1F. The Labute approximate surface area is 201 Å². The fourth-order valence-electron chi connectivity index (χ4n) is 3.73. The number of ether oxygens (including phenoxy) is 2. The highest BCUT2D eigenvalue weighted by Crippen LogP contribution is 2.19. The van der Waals surface area contributed by atoms with Crippen LogP contribution in [0.1, 0.15) is 28.8 Å². The molecule has 184 valence electrons. The van der Waals surface area contributed by atoms with Crippen molar-refractivity contribution < 1.29 is 23.5 Å². The quantitative estimate of drug-likeness (QED) is 0.534. The Morgan fingerprint density at radius 2 is 2.09 bits per heavy atom. The van der Waals surface area contributed by atoms with Crippen molar-refractivity contribution >= 4 is 11.8 Å². The third-order valence-electron chi connectivity index (χ3n) is 5.52. The summed E-state index contributed by atoms with van der Waals surface area (Å²) in [5.74, 6) is -0.366. The highest BCUT2D eigenvalue weighted by molar-refractivity contribution is 5.93. The molecule has 1 N–H and O–H groups in total. The lowest BCUT2D eigenvalue weighted by Gasteiger charge is -2.32. The van der Waals surface area contributed by atoms with Gasteiger partial charge < -0.3 is 19.7 Å². The number of rotatable bonds is 7. The number of methoxy groups -OCH3 is 1. The Balaban J connectivity index is 1.43. The number of nitrogens with one attached hydrogen (secondary N) is 1. The highest BCUT2D eigenvalue weighted by atomic mass is 19.1. The van der Waals surface area contributed by atoms with Crippen molar-refractivity contribution in [1.29, 1.82) is 0 Å². The zero-order chi connectivity index (χ0) is 24.9. The number of amides is 2. The number of halogens is 1. The summed E-state index contributed by atoms with van der Waals surface area (Å²) in [6.07, 6.45) is 1.52. The standard InChI is InChI=1S/C23H26FN7O4/c1-14-26-19(21-13-31(29-28-21)12-17-11-30(15(2)32)6-7-35-17)9-20(27-14)23(33)25-10-16-4-5-18(24)22(8-16)34-3/h4-5,8-9,13,17H,6-7,10-12H2,1-3H3,(H,25,33)/t17-/m0/s1. The van der Waals surface area contributed by atoms with Crippen molar-refractivity contribution in [2.45, 2.75) is 33.0 Å². The summed E-state index contributed by atoms with van der Waals surface area (Å²) >= 11 is 0. The number of aromatic nitrogens is 5. The average Bonchev–Trinajstić information content (AvgIpc) is 3.31. The number of aryl methyl sites for hydroxylation is 1. The zero-order valence-electron chi connectivity index (χ0n) is 19.7. The van der Waals surface area contributed by atoms with Crippen LogP contribution in [0.5, 0.6) is 5.75 Å². The van der Waals surface area contributed by atoms with Gasteiger partial charge in [-0.25, -0.2) is 19.0 Å². The molecular formula is C23H26FN7O4. The van der Waals surface area contributed by atoms with E-state index in [9.17, 15) is 14.0 Å².